The van der Waals surface area contributed by atoms with Crippen molar-refractivity contribution in [3.05, 3.63) is 63.9 Å². The molecule has 2 aliphatic heterocycles. The minimum Gasteiger partial charge on any atom is -0.486 e. The number of rotatable bonds is 1. The number of likely N-dealkylation sites (tertiary alicyclic amines) is 1. The molecule has 1 amide bonds. The number of piperidine rings is 1. The number of nitrogens with zero attached hydrogens (tertiary/aromatic N) is 1. The summed E-state index contributed by atoms with van der Waals surface area (Å²) in [6.45, 7) is 2.71. The van der Waals surface area contributed by atoms with Crippen molar-refractivity contribution in [3.8, 4) is 5.75 Å². The Morgan fingerprint density at radius 2 is 1.93 bits per heavy atom. The highest BCUT2D eigenvalue weighted by atomic mass is 35.5. The molecule has 1 spiro atoms. The lowest BCUT2D eigenvalue weighted by Crippen LogP contribution is -2.52. The number of hydrogen-bond donors (Lipinski definition) is 0. The third kappa shape index (κ3) is 3.21. The van der Waals surface area contributed by atoms with Crippen LogP contribution in [0.3, 0.4) is 0 Å². The maximum absolute atomic E-state index is 13.9. The molecule has 4 nitrogen and oxygen atoms in total. The van der Waals surface area contributed by atoms with Crippen molar-refractivity contribution in [3.63, 3.8) is 0 Å². The summed E-state index contributed by atoms with van der Waals surface area (Å²) in [4.78, 5) is 26.9. The Morgan fingerprint density at radius 3 is 2.63 bits per heavy atom. The van der Waals surface area contributed by atoms with E-state index in [-0.39, 0.29) is 23.7 Å². The minimum absolute atomic E-state index is 0.00651. The number of ketones is 1. The number of carbonyl (C=O) groups is 2. The van der Waals surface area contributed by atoms with Crippen molar-refractivity contribution in [2.75, 3.05) is 13.1 Å². The second-order valence-corrected chi connectivity index (χ2v) is 7.66. The van der Waals surface area contributed by atoms with E-state index in [0.717, 1.165) is 5.56 Å². The molecule has 2 heterocycles. The standard InChI is InChI=1S/C21H19ClFNO3/c1-13-10-19-15(11-16(13)22)18(25)12-21(27-19)6-8-24(9-7-21)20(26)14-4-2-3-5-17(14)23/h2-5,10-11H,6-9,12H2,1H3. The maximum Gasteiger partial charge on any atom is 0.256 e. The molecule has 6 heteroatoms. The average molecular weight is 388 g/mol. The fourth-order valence-corrected chi connectivity index (χ4v) is 3.98. The van der Waals surface area contributed by atoms with Gasteiger partial charge in [0.2, 0.25) is 0 Å². The lowest BCUT2D eigenvalue weighted by molar-refractivity contribution is -0.00581. The highest BCUT2D eigenvalue weighted by Gasteiger charge is 2.44. The number of Topliss-reactive ketones (excluding diaryl/α,β-unsaturated/α-hetero) is 1. The van der Waals surface area contributed by atoms with Crippen LogP contribution in [0.25, 0.3) is 0 Å². The molecule has 1 saturated heterocycles. The van der Waals surface area contributed by atoms with E-state index in [0.29, 0.717) is 42.3 Å². The second-order valence-electron chi connectivity index (χ2n) is 7.25. The molecule has 0 radical (unpaired) electrons. The molecule has 2 aromatic carbocycles. The van der Waals surface area contributed by atoms with Crippen molar-refractivity contribution in [1.82, 2.24) is 4.90 Å². The van der Waals surface area contributed by atoms with Crippen LogP contribution in [0.2, 0.25) is 5.02 Å². The van der Waals surface area contributed by atoms with E-state index in [1.54, 1.807) is 29.2 Å². The van der Waals surface area contributed by atoms with Crippen LogP contribution in [0.15, 0.2) is 36.4 Å². The first-order valence-electron chi connectivity index (χ1n) is 8.95. The van der Waals surface area contributed by atoms with E-state index in [1.807, 2.05) is 6.92 Å². The molecule has 0 aromatic heterocycles. The number of amides is 1. The number of fused-ring (bicyclic) bond motifs is 1. The molecular formula is C21H19ClFNO3. The number of halogens is 2. The van der Waals surface area contributed by atoms with Crippen LogP contribution in [-0.2, 0) is 0 Å². The Bertz CT molecular complexity index is 935. The Balaban J connectivity index is 1.52. The van der Waals surface area contributed by atoms with E-state index in [4.69, 9.17) is 16.3 Å². The molecule has 27 heavy (non-hydrogen) atoms. The van der Waals surface area contributed by atoms with Gasteiger partial charge in [0.05, 0.1) is 17.5 Å². The largest absolute Gasteiger partial charge is 0.486 e. The molecule has 140 valence electrons. The summed E-state index contributed by atoms with van der Waals surface area (Å²) >= 11 is 6.13. The molecule has 4 rings (SSSR count). The van der Waals surface area contributed by atoms with Gasteiger partial charge in [-0.25, -0.2) is 4.39 Å². The Morgan fingerprint density at radius 1 is 1.22 bits per heavy atom. The van der Waals surface area contributed by atoms with Crippen LogP contribution in [0.5, 0.6) is 5.75 Å². The highest BCUT2D eigenvalue weighted by molar-refractivity contribution is 6.31. The molecular weight excluding hydrogens is 369 g/mol. The van der Waals surface area contributed by atoms with E-state index in [2.05, 4.69) is 0 Å². The third-order valence-electron chi connectivity index (χ3n) is 5.44. The summed E-state index contributed by atoms with van der Waals surface area (Å²) in [7, 11) is 0. The normalized spacial score (nSPS) is 18.2. The zero-order valence-electron chi connectivity index (χ0n) is 14.9. The van der Waals surface area contributed by atoms with Gasteiger partial charge in [-0.1, -0.05) is 23.7 Å². The predicted octanol–water partition coefficient (Wildman–Crippen LogP) is 4.43. The number of benzene rings is 2. The van der Waals surface area contributed by atoms with Gasteiger partial charge in [-0.2, -0.15) is 0 Å². The lowest BCUT2D eigenvalue weighted by Gasteiger charge is -2.44. The van der Waals surface area contributed by atoms with Crippen molar-refractivity contribution < 1.29 is 18.7 Å². The highest BCUT2D eigenvalue weighted by Crippen LogP contribution is 2.41. The van der Waals surface area contributed by atoms with Gasteiger partial charge >= 0.3 is 0 Å². The van der Waals surface area contributed by atoms with Gasteiger partial charge in [0, 0.05) is 31.0 Å². The number of ether oxygens (including phenoxy) is 1. The first-order valence-corrected chi connectivity index (χ1v) is 9.32. The van der Waals surface area contributed by atoms with Crippen molar-refractivity contribution in [2.24, 2.45) is 0 Å². The van der Waals surface area contributed by atoms with E-state index in [9.17, 15) is 14.0 Å². The predicted molar refractivity (Wildman–Crippen MR) is 100 cm³/mol. The van der Waals surface area contributed by atoms with Crippen molar-refractivity contribution in [2.45, 2.75) is 31.8 Å². The minimum atomic E-state index is -0.615. The number of hydrogen-bond acceptors (Lipinski definition) is 3. The summed E-state index contributed by atoms with van der Waals surface area (Å²) in [5.41, 5.74) is 0.828. The molecule has 0 atom stereocenters. The van der Waals surface area contributed by atoms with Gasteiger partial charge in [-0.05, 0) is 36.8 Å². The molecule has 2 aromatic rings. The van der Waals surface area contributed by atoms with Gasteiger partial charge in [0.25, 0.3) is 5.91 Å². The summed E-state index contributed by atoms with van der Waals surface area (Å²) in [6, 6.07) is 9.45. The molecule has 0 unspecified atom stereocenters. The molecule has 1 fully saturated rings. The Labute approximate surface area is 161 Å². The van der Waals surface area contributed by atoms with Crippen LogP contribution in [-0.4, -0.2) is 35.3 Å². The monoisotopic (exact) mass is 387 g/mol. The second kappa shape index (κ2) is 6.64. The quantitative estimate of drug-likeness (QED) is 0.727. The average Bonchev–Trinajstić information content (AvgIpc) is 2.64. The van der Waals surface area contributed by atoms with Crippen LogP contribution in [0.4, 0.5) is 4.39 Å². The Kier molecular flexibility index (Phi) is 4.42. The molecule has 2 aliphatic rings. The van der Waals surface area contributed by atoms with Gasteiger partial charge < -0.3 is 9.64 Å². The summed E-state index contributed by atoms with van der Waals surface area (Å²) < 4.78 is 20.1. The van der Waals surface area contributed by atoms with Gasteiger partial charge in [-0.3, -0.25) is 9.59 Å². The smallest absolute Gasteiger partial charge is 0.256 e. The van der Waals surface area contributed by atoms with Crippen LogP contribution < -0.4 is 4.74 Å². The zero-order valence-corrected chi connectivity index (χ0v) is 15.7. The zero-order chi connectivity index (χ0) is 19.2. The van der Waals surface area contributed by atoms with Gasteiger partial charge in [0.15, 0.2) is 5.78 Å². The number of carbonyl (C=O) groups excluding carboxylic acids is 2. The van der Waals surface area contributed by atoms with Crippen molar-refractivity contribution in [1.29, 1.82) is 0 Å². The van der Waals surface area contributed by atoms with Crippen molar-refractivity contribution >= 4 is 23.3 Å². The fourth-order valence-electron chi connectivity index (χ4n) is 3.82. The van der Waals surface area contributed by atoms with Gasteiger partial charge in [-0.15, -0.1) is 0 Å². The first-order chi connectivity index (χ1) is 12.9. The SMILES string of the molecule is Cc1cc2c(cc1Cl)C(=O)CC1(CCN(C(=O)c3ccccc3F)CC1)O2. The Hall–Kier alpha value is -2.40. The third-order valence-corrected chi connectivity index (χ3v) is 5.84. The fraction of sp³-hybridized carbons (Fsp3) is 0.333. The van der Waals surface area contributed by atoms with Crippen LogP contribution >= 0.6 is 11.6 Å². The number of aryl methyl sites for hydroxylation is 1. The summed E-state index contributed by atoms with van der Waals surface area (Å²) in [6.07, 6.45) is 1.32. The topological polar surface area (TPSA) is 46.6 Å². The van der Waals surface area contributed by atoms with E-state index in [1.165, 1.54) is 12.1 Å². The van der Waals surface area contributed by atoms with Crippen LogP contribution in [0.1, 0.15) is 45.5 Å². The lowest BCUT2D eigenvalue weighted by atomic mass is 9.82. The molecule has 0 N–H and O–H groups in total. The summed E-state index contributed by atoms with van der Waals surface area (Å²) in [5, 5.41) is 0.548. The molecule has 0 bridgehead atoms. The molecule has 0 saturated carbocycles. The van der Waals surface area contributed by atoms with Gasteiger partial charge in [0.1, 0.15) is 17.2 Å². The first kappa shape index (κ1) is 18.0. The summed E-state index contributed by atoms with van der Waals surface area (Å²) in [5.74, 6) is -0.282. The maximum atomic E-state index is 13.9. The van der Waals surface area contributed by atoms with E-state index < -0.39 is 11.4 Å². The van der Waals surface area contributed by atoms with E-state index >= 15 is 0 Å². The van der Waals surface area contributed by atoms with Crippen LogP contribution in [0, 0.1) is 12.7 Å². The molecule has 0 aliphatic carbocycles.